The van der Waals surface area contributed by atoms with Gasteiger partial charge in [0, 0.05) is 5.56 Å². The molecule has 13 heteroatoms. The van der Waals surface area contributed by atoms with Crippen LogP contribution in [-0.4, -0.2) is 18.0 Å². The summed E-state index contributed by atoms with van der Waals surface area (Å²) in [7, 11) is -4.65. The Bertz CT molecular complexity index is 2000. The van der Waals surface area contributed by atoms with E-state index in [1.54, 1.807) is 67.6 Å². The van der Waals surface area contributed by atoms with Gasteiger partial charge < -0.3 is 4.55 Å². The Hall–Kier alpha value is -3.52. The zero-order valence-corrected chi connectivity index (χ0v) is 24.3. The third kappa shape index (κ3) is 6.22. The number of thiazole rings is 1. The molecule has 0 amide bonds. The molecule has 2 N–H and O–H groups in total. The maximum atomic E-state index is 12.7. The maximum Gasteiger partial charge on any atom is 1.00 e. The molecule has 0 bridgehead atoms. The fourth-order valence-corrected chi connectivity index (χ4v) is 5.97. The molecule has 0 spiro atoms. The summed E-state index contributed by atoms with van der Waals surface area (Å²) in [6, 6.07) is 21.6. The van der Waals surface area contributed by atoms with E-state index in [1.807, 2.05) is 6.07 Å². The molecular weight excluding hydrogens is 549 g/mol. The largest absolute Gasteiger partial charge is 1.00 e. The van der Waals surface area contributed by atoms with Gasteiger partial charge in [-0.25, -0.2) is 13.4 Å². The number of rotatable bonds is 6. The number of nitrogens with zero attached hydrogens (tertiary/aromatic N) is 3. The molecule has 0 saturated carbocycles. The minimum Gasteiger partial charge on any atom is -0.744 e. The van der Waals surface area contributed by atoms with Crippen LogP contribution in [0.1, 0.15) is 5.56 Å². The van der Waals surface area contributed by atoms with Crippen LogP contribution in [0, 0.1) is 6.92 Å². The molecule has 0 aliphatic rings. The summed E-state index contributed by atoms with van der Waals surface area (Å²) in [5, 5.41) is 8.34. The third-order valence-corrected chi connectivity index (χ3v) is 7.83. The van der Waals surface area contributed by atoms with Crippen LogP contribution in [0.5, 0.6) is 0 Å². The Kier molecular flexibility index (Phi) is 8.54. The van der Waals surface area contributed by atoms with Crippen molar-refractivity contribution in [3.05, 3.63) is 116 Å². The molecule has 190 valence electrons. The average molecular weight is 568 g/mol. The van der Waals surface area contributed by atoms with E-state index in [1.165, 1.54) is 12.1 Å². The minimum absolute atomic E-state index is 0. The van der Waals surface area contributed by atoms with Gasteiger partial charge in [0.2, 0.25) is 10.9 Å². The summed E-state index contributed by atoms with van der Waals surface area (Å²) >= 11 is 1.12. The first-order chi connectivity index (χ1) is 18.2. The van der Waals surface area contributed by atoms with Crippen LogP contribution >= 0.6 is 11.3 Å². The average Bonchev–Trinajstić information content (AvgIpc) is 3.32. The number of hydrogen-bond acceptors (Lipinski definition) is 11. The van der Waals surface area contributed by atoms with E-state index in [4.69, 9.17) is 0 Å². The Morgan fingerprint density at radius 3 is 2.21 bits per heavy atom. The Balaban J connectivity index is 0.00000353. The van der Waals surface area contributed by atoms with Crippen molar-refractivity contribution in [1.29, 1.82) is 0 Å². The van der Waals surface area contributed by atoms with E-state index < -0.39 is 21.0 Å². The maximum absolute atomic E-state index is 12.7. The number of hydrogen-bond donors (Lipinski definition) is 2. The van der Waals surface area contributed by atoms with Crippen LogP contribution in [0.4, 0.5) is 11.4 Å². The topological polar surface area (TPSA) is 153 Å². The number of benzene rings is 4. The van der Waals surface area contributed by atoms with Gasteiger partial charge in [0.15, 0.2) is 5.36 Å². The standard InChI is InChI=1S/C26H19N5O5S2.Na/c1-15-7-12-20-24(25(15)38(34,35)36)37-26(27-20)16-8-10-18(11-9-16)28-30-19-13-14-21(32)22(23(19)33)31-29-17-5-3-2-4-6-17;/h2-14,28-29H,1H3,(H,34,35,36);/q;+1/p-1/b30-19-,31-22-;. The molecule has 10 nitrogen and oxygen atoms in total. The molecule has 5 rings (SSSR count). The van der Waals surface area contributed by atoms with Gasteiger partial charge in [0.05, 0.1) is 26.5 Å². The van der Waals surface area contributed by atoms with Gasteiger partial charge in [0.1, 0.15) is 20.5 Å². The Morgan fingerprint density at radius 2 is 1.51 bits per heavy atom. The van der Waals surface area contributed by atoms with Gasteiger partial charge in [-0.1, -0.05) is 24.3 Å². The summed E-state index contributed by atoms with van der Waals surface area (Å²) in [5.41, 5.74) is 7.02. The monoisotopic (exact) mass is 567 g/mol. The van der Waals surface area contributed by atoms with Crippen LogP contribution in [0.15, 0.2) is 104 Å². The van der Waals surface area contributed by atoms with Gasteiger partial charge in [0.25, 0.3) is 0 Å². The molecule has 0 unspecified atom stereocenters. The van der Waals surface area contributed by atoms with Crippen molar-refractivity contribution in [2.75, 3.05) is 10.9 Å². The second-order valence-electron chi connectivity index (χ2n) is 8.18. The van der Waals surface area contributed by atoms with Gasteiger partial charge in [-0.05, 0) is 67.1 Å². The van der Waals surface area contributed by atoms with E-state index in [9.17, 15) is 22.6 Å². The summed E-state index contributed by atoms with van der Waals surface area (Å²) in [4.78, 5) is 29.1. The third-order valence-electron chi connectivity index (χ3n) is 5.54. The van der Waals surface area contributed by atoms with Gasteiger partial charge in [-0.2, -0.15) is 10.2 Å². The van der Waals surface area contributed by atoms with E-state index in [-0.39, 0.29) is 45.2 Å². The van der Waals surface area contributed by atoms with Crippen molar-refractivity contribution >= 4 is 43.0 Å². The van der Waals surface area contributed by atoms with E-state index in [2.05, 4.69) is 26.0 Å². The predicted octanol–water partition coefficient (Wildman–Crippen LogP) is -0.369. The molecule has 1 aromatic heterocycles. The zero-order valence-electron chi connectivity index (χ0n) is 20.7. The normalized spacial score (nSPS) is 12.4. The first kappa shape index (κ1) is 28.5. The van der Waals surface area contributed by atoms with Crippen LogP contribution < -0.4 is 62.0 Å². The predicted molar refractivity (Wildman–Crippen MR) is 144 cm³/mol. The molecule has 0 saturated heterocycles. The van der Waals surface area contributed by atoms with E-state index in [0.717, 1.165) is 11.3 Å². The van der Waals surface area contributed by atoms with E-state index in [0.29, 0.717) is 37.7 Å². The second kappa shape index (κ2) is 11.7. The van der Waals surface area contributed by atoms with Crippen molar-refractivity contribution in [3.63, 3.8) is 0 Å². The van der Waals surface area contributed by atoms with Crippen LogP contribution in [0.25, 0.3) is 20.8 Å². The number of aromatic nitrogens is 1. The first-order valence-corrected chi connectivity index (χ1v) is 13.4. The molecule has 0 fully saturated rings. The molecule has 0 radical (unpaired) electrons. The number of fused-ring (bicyclic) bond motifs is 1. The summed E-state index contributed by atoms with van der Waals surface area (Å²) in [6.45, 7) is 1.57. The number of anilines is 2. The molecular formula is C26H18N5NaO5S2. The SMILES string of the molecule is Cc1ccc2nc(-c3ccc(N/N=c4/ccc(=O)/c(=N/Nc5ccccc5)c4=O)cc3)sc2c1S(=O)(=O)[O-].[Na+]. The van der Waals surface area contributed by atoms with Gasteiger partial charge in [-0.3, -0.25) is 20.4 Å². The summed E-state index contributed by atoms with van der Waals surface area (Å²) < 4.78 is 35.6. The van der Waals surface area contributed by atoms with Crippen LogP contribution in [-0.2, 0) is 10.1 Å². The molecule has 0 aliphatic heterocycles. The molecule has 0 atom stereocenters. The molecule has 5 aromatic rings. The second-order valence-corrected chi connectivity index (χ2v) is 10.5. The quantitative estimate of drug-likeness (QED) is 0.160. The number of aryl methyl sites for hydroxylation is 1. The fourth-order valence-electron chi connectivity index (χ4n) is 3.68. The molecule has 4 aromatic carbocycles. The fraction of sp³-hybridized carbons (Fsp3) is 0.0385. The molecule has 1 heterocycles. The minimum atomic E-state index is -4.65. The van der Waals surface area contributed by atoms with Crippen molar-refractivity contribution in [2.45, 2.75) is 11.8 Å². The molecule has 39 heavy (non-hydrogen) atoms. The number of nitrogens with one attached hydrogen (secondary N) is 2. The first-order valence-electron chi connectivity index (χ1n) is 11.2. The molecule has 0 aliphatic carbocycles. The van der Waals surface area contributed by atoms with Crippen molar-refractivity contribution < 1.29 is 42.5 Å². The van der Waals surface area contributed by atoms with Crippen molar-refractivity contribution in [1.82, 2.24) is 4.98 Å². The van der Waals surface area contributed by atoms with Crippen molar-refractivity contribution in [3.8, 4) is 10.6 Å². The Morgan fingerprint density at radius 1 is 0.846 bits per heavy atom. The van der Waals surface area contributed by atoms with Crippen LogP contribution in [0.3, 0.4) is 0 Å². The summed E-state index contributed by atoms with van der Waals surface area (Å²) in [5.74, 6) is 0. The van der Waals surface area contributed by atoms with Crippen molar-refractivity contribution in [2.24, 2.45) is 10.2 Å². The smallest absolute Gasteiger partial charge is 0.744 e. The van der Waals surface area contributed by atoms with Crippen LogP contribution in [0.2, 0.25) is 0 Å². The van der Waals surface area contributed by atoms with E-state index >= 15 is 0 Å². The number of para-hydroxylation sites is 1. The van der Waals surface area contributed by atoms with Gasteiger partial charge >= 0.3 is 29.6 Å². The zero-order chi connectivity index (χ0) is 26.9. The summed E-state index contributed by atoms with van der Waals surface area (Å²) in [6.07, 6.45) is 0. The van der Waals surface area contributed by atoms with Gasteiger partial charge in [-0.15, -0.1) is 11.3 Å². The Labute approximate surface area is 248 Å².